The highest BCUT2D eigenvalue weighted by Crippen LogP contribution is 2.23. The van der Waals surface area contributed by atoms with Crippen LogP contribution in [0.2, 0.25) is 0 Å². The summed E-state index contributed by atoms with van der Waals surface area (Å²) in [4.78, 5) is 21.9. The number of terminal acetylenes is 1. The van der Waals surface area contributed by atoms with Crippen molar-refractivity contribution in [3.8, 4) is 18.1 Å². The normalized spacial score (nSPS) is 12.4. The minimum atomic E-state index is -0.733. The molecule has 0 saturated heterocycles. The predicted octanol–water partition coefficient (Wildman–Crippen LogP) is 3.37. The Kier molecular flexibility index (Phi) is 7.47. The number of carbonyl (C=O) groups is 1. The summed E-state index contributed by atoms with van der Waals surface area (Å²) in [6.07, 6.45) is 12.0. The summed E-state index contributed by atoms with van der Waals surface area (Å²) >= 11 is 1.29. The molecule has 0 aliphatic carbocycles. The highest BCUT2D eigenvalue weighted by atomic mass is 32.2. The molecule has 28 heavy (non-hydrogen) atoms. The Labute approximate surface area is 169 Å². The molecule has 1 heterocycles. The van der Waals surface area contributed by atoms with Gasteiger partial charge in [-0.3, -0.25) is 9.78 Å². The average molecular weight is 398 g/mol. The molecule has 0 radical (unpaired) electrons. The number of fused-ring (bicyclic) bond motifs is 1. The Hall–Kier alpha value is -2.98. The van der Waals surface area contributed by atoms with Gasteiger partial charge in [0.1, 0.15) is 12.4 Å². The number of thioether (sulfide) groups is 1. The maximum absolute atomic E-state index is 12.6. The first-order valence-electron chi connectivity index (χ1n) is 8.54. The van der Waals surface area contributed by atoms with E-state index in [2.05, 4.69) is 28.0 Å². The number of nitrogens with one attached hydrogen (secondary N) is 1. The van der Waals surface area contributed by atoms with E-state index in [1.54, 1.807) is 24.6 Å². The highest BCUT2D eigenvalue weighted by Gasteiger charge is 2.26. The molecule has 1 amide bonds. The van der Waals surface area contributed by atoms with Gasteiger partial charge in [-0.05, 0) is 44.4 Å². The Morgan fingerprint density at radius 1 is 1.50 bits per heavy atom. The van der Waals surface area contributed by atoms with Gasteiger partial charge in [0.05, 0.1) is 17.3 Å². The van der Waals surface area contributed by atoms with E-state index in [0.717, 1.165) is 10.9 Å². The molecule has 0 fully saturated rings. The number of oxime groups is 1. The summed E-state index contributed by atoms with van der Waals surface area (Å²) in [6, 6.07) is 7.27. The summed E-state index contributed by atoms with van der Waals surface area (Å²) < 4.78 is 5.88. The zero-order valence-corrected chi connectivity index (χ0v) is 17.0. The molecule has 6 nitrogen and oxygen atoms in total. The lowest BCUT2D eigenvalue weighted by Gasteiger charge is -2.24. The van der Waals surface area contributed by atoms with E-state index in [9.17, 15) is 4.79 Å². The monoisotopic (exact) mass is 397 g/mol. The maximum Gasteiger partial charge on any atom is 0.272 e. The Morgan fingerprint density at radius 2 is 2.29 bits per heavy atom. The quantitative estimate of drug-likeness (QED) is 0.175. The molecule has 0 aliphatic rings. The number of nitrogens with zero attached hydrogens (tertiary/aromatic N) is 2. The molecule has 146 valence electrons. The molecule has 1 N–H and O–H groups in total. The van der Waals surface area contributed by atoms with Crippen molar-refractivity contribution in [2.75, 3.05) is 12.9 Å². The van der Waals surface area contributed by atoms with Crippen molar-refractivity contribution >= 4 is 34.8 Å². The fraction of sp³-hybridized carbons (Fsp3) is 0.286. The van der Waals surface area contributed by atoms with E-state index in [1.807, 2.05) is 32.0 Å². The SMILES string of the molecule is C#Cc1cnc2ccc(OC(SC)C(=O)NC(C)(C)/C=N\OCC=C)cc2c1. The van der Waals surface area contributed by atoms with Gasteiger partial charge in [-0.1, -0.05) is 23.7 Å². The molecule has 7 heteroatoms. The molecular formula is C21H23N3O3S. The van der Waals surface area contributed by atoms with Crippen LogP contribution in [-0.2, 0) is 9.63 Å². The fourth-order valence-electron chi connectivity index (χ4n) is 2.27. The summed E-state index contributed by atoms with van der Waals surface area (Å²) in [5.74, 6) is 2.84. The number of benzene rings is 1. The third-order valence-corrected chi connectivity index (χ3v) is 4.32. The first-order chi connectivity index (χ1) is 13.4. The number of carbonyl (C=O) groups excluding carboxylic acids is 1. The van der Waals surface area contributed by atoms with Gasteiger partial charge in [0.2, 0.25) is 5.44 Å². The van der Waals surface area contributed by atoms with E-state index in [4.69, 9.17) is 16.0 Å². The van der Waals surface area contributed by atoms with Gasteiger partial charge in [-0.2, -0.15) is 0 Å². The molecule has 1 atom stereocenters. The standard InChI is InChI=1S/C21H23N3O3S/c1-6-10-26-23-14-21(3,4)24-19(25)20(28-5)27-17-8-9-18-16(12-17)11-15(7-2)13-22-18/h2,6,8-9,11-14,20H,1,10H2,3-5H3,(H,24,25)/b23-14-. The van der Waals surface area contributed by atoms with E-state index < -0.39 is 11.0 Å². The average Bonchev–Trinajstić information content (AvgIpc) is 2.68. The highest BCUT2D eigenvalue weighted by molar-refractivity contribution is 7.99. The van der Waals surface area contributed by atoms with Crippen molar-refractivity contribution in [1.29, 1.82) is 0 Å². The van der Waals surface area contributed by atoms with Crippen molar-refractivity contribution in [2.45, 2.75) is 24.8 Å². The van der Waals surface area contributed by atoms with Gasteiger partial charge in [0.25, 0.3) is 5.91 Å². The number of pyridine rings is 1. The second-order valence-electron chi connectivity index (χ2n) is 6.44. The fourth-order valence-corrected chi connectivity index (χ4v) is 2.75. The van der Waals surface area contributed by atoms with Crippen LogP contribution in [0.3, 0.4) is 0 Å². The maximum atomic E-state index is 12.6. The van der Waals surface area contributed by atoms with Crippen molar-refractivity contribution in [3.05, 3.63) is 48.7 Å². The molecule has 0 aliphatic heterocycles. The van der Waals surface area contributed by atoms with Crippen LogP contribution in [0.1, 0.15) is 19.4 Å². The van der Waals surface area contributed by atoms with Gasteiger partial charge < -0.3 is 14.9 Å². The number of hydrogen-bond donors (Lipinski definition) is 1. The predicted molar refractivity (Wildman–Crippen MR) is 114 cm³/mol. The minimum Gasteiger partial charge on any atom is -0.470 e. The van der Waals surface area contributed by atoms with Gasteiger partial charge >= 0.3 is 0 Å². The third kappa shape index (κ3) is 6.03. The van der Waals surface area contributed by atoms with Crippen molar-refractivity contribution in [1.82, 2.24) is 10.3 Å². The topological polar surface area (TPSA) is 72.8 Å². The van der Waals surface area contributed by atoms with Crippen LogP contribution in [0, 0.1) is 12.3 Å². The lowest BCUT2D eigenvalue weighted by molar-refractivity contribution is -0.125. The van der Waals surface area contributed by atoms with Crippen LogP contribution in [0.4, 0.5) is 0 Å². The smallest absolute Gasteiger partial charge is 0.272 e. The molecular weight excluding hydrogens is 374 g/mol. The molecule has 0 spiro atoms. The lowest BCUT2D eigenvalue weighted by atomic mass is 10.1. The first kappa shape index (κ1) is 21.3. The molecule has 0 saturated carbocycles. The molecule has 0 bridgehead atoms. The van der Waals surface area contributed by atoms with Crippen LogP contribution in [-0.4, -0.2) is 40.9 Å². The third-order valence-electron chi connectivity index (χ3n) is 3.58. The second-order valence-corrected chi connectivity index (χ2v) is 7.34. The van der Waals surface area contributed by atoms with Crippen molar-refractivity contribution in [3.63, 3.8) is 0 Å². The van der Waals surface area contributed by atoms with Gasteiger partial charge in [0.15, 0.2) is 0 Å². The molecule has 2 rings (SSSR count). The summed E-state index contributed by atoms with van der Waals surface area (Å²) in [5, 5.41) is 7.55. The van der Waals surface area contributed by atoms with E-state index >= 15 is 0 Å². The van der Waals surface area contributed by atoms with Crippen LogP contribution in [0.25, 0.3) is 10.9 Å². The Morgan fingerprint density at radius 3 is 2.96 bits per heavy atom. The zero-order valence-electron chi connectivity index (χ0n) is 16.1. The summed E-state index contributed by atoms with van der Waals surface area (Å²) in [7, 11) is 0. The largest absolute Gasteiger partial charge is 0.470 e. The Balaban J connectivity index is 2.09. The minimum absolute atomic E-state index is 0.275. The lowest BCUT2D eigenvalue weighted by Crippen LogP contribution is -2.49. The van der Waals surface area contributed by atoms with E-state index in [0.29, 0.717) is 17.9 Å². The van der Waals surface area contributed by atoms with Crippen molar-refractivity contribution in [2.24, 2.45) is 5.16 Å². The second kappa shape index (κ2) is 9.81. The number of hydrogen-bond acceptors (Lipinski definition) is 6. The zero-order chi connectivity index (χ0) is 20.6. The van der Waals surface area contributed by atoms with Crippen molar-refractivity contribution < 1.29 is 14.4 Å². The van der Waals surface area contributed by atoms with Crippen LogP contribution < -0.4 is 10.1 Å². The van der Waals surface area contributed by atoms with E-state index in [1.165, 1.54) is 18.0 Å². The first-order valence-corrected chi connectivity index (χ1v) is 9.82. The number of ether oxygens (including phenoxy) is 1. The molecule has 1 aromatic heterocycles. The van der Waals surface area contributed by atoms with Crippen LogP contribution in [0.15, 0.2) is 48.3 Å². The van der Waals surface area contributed by atoms with Gasteiger partial charge in [0, 0.05) is 17.1 Å². The Bertz CT molecular complexity index is 919. The number of aromatic nitrogens is 1. The van der Waals surface area contributed by atoms with Gasteiger partial charge in [-0.25, -0.2) is 0 Å². The molecule has 1 unspecified atom stereocenters. The van der Waals surface area contributed by atoms with Crippen LogP contribution >= 0.6 is 11.8 Å². The summed E-state index contributed by atoms with van der Waals surface area (Å²) in [6.45, 7) is 7.47. The molecule has 2 aromatic rings. The van der Waals surface area contributed by atoms with E-state index in [-0.39, 0.29) is 5.91 Å². The van der Waals surface area contributed by atoms with Crippen LogP contribution in [0.5, 0.6) is 5.75 Å². The van der Waals surface area contributed by atoms with Gasteiger partial charge in [-0.15, -0.1) is 18.2 Å². The number of amides is 1. The summed E-state index contributed by atoms with van der Waals surface area (Å²) in [5.41, 5.74) is 0.0461. The molecule has 1 aromatic carbocycles. The number of rotatable bonds is 9.